The van der Waals surface area contributed by atoms with Crippen LogP contribution in [0.5, 0.6) is 0 Å². The molecule has 0 fully saturated rings. The molecule has 0 saturated carbocycles. The number of rotatable bonds is 2. The summed E-state index contributed by atoms with van der Waals surface area (Å²) in [5.41, 5.74) is 15.4. The lowest BCUT2D eigenvalue weighted by Crippen LogP contribution is -2.52. The first-order valence-electron chi connectivity index (χ1n) is 17.9. The van der Waals surface area contributed by atoms with E-state index >= 15 is 0 Å². The van der Waals surface area contributed by atoms with Gasteiger partial charge in [0.15, 0.2) is 0 Å². The van der Waals surface area contributed by atoms with Crippen LogP contribution >= 0.6 is 0 Å². The van der Waals surface area contributed by atoms with Crippen molar-refractivity contribution < 1.29 is 9.15 Å². The summed E-state index contributed by atoms with van der Waals surface area (Å²) in [4.78, 5) is 16.0. The maximum absolute atomic E-state index is 5.61. The van der Waals surface area contributed by atoms with Gasteiger partial charge in [0.05, 0.1) is 11.4 Å². The SMILES string of the molecule is C1=CC2=[N+](C3=NC([N+]4=C5C=CC=C6c7ccccc7N(c7ccccc74)C65)N=C(c4ccccc4)N3)c3ccccc3N3c4ccccc4C(=C1)C23. The lowest BCUT2D eigenvalue weighted by Gasteiger charge is -2.36. The van der Waals surface area contributed by atoms with Crippen LogP contribution in [0.2, 0.25) is 0 Å². The minimum absolute atomic E-state index is 0.0175. The maximum Gasteiger partial charge on any atom is 0.414 e. The minimum Gasteiger partial charge on any atom is -0.323 e. The van der Waals surface area contributed by atoms with E-state index in [1.807, 2.05) is 6.07 Å². The number of aliphatic imine (C=N–C) groups is 2. The summed E-state index contributed by atoms with van der Waals surface area (Å²) in [5, 5.41) is 3.75. The van der Waals surface area contributed by atoms with E-state index in [1.165, 1.54) is 33.6 Å². The van der Waals surface area contributed by atoms with Crippen LogP contribution in [0.3, 0.4) is 0 Å². The Morgan fingerprint density at radius 3 is 1.75 bits per heavy atom. The average Bonchev–Trinajstić information content (AvgIpc) is 3.74. The first kappa shape index (κ1) is 27.9. The third kappa shape index (κ3) is 3.64. The van der Waals surface area contributed by atoms with Crippen molar-refractivity contribution in [2.45, 2.75) is 18.4 Å². The molecule has 7 heteroatoms. The van der Waals surface area contributed by atoms with E-state index in [0.717, 1.165) is 51.5 Å². The first-order chi connectivity index (χ1) is 25.8. The Labute approximate surface area is 300 Å². The molecule has 1 N–H and O–H groups in total. The molecule has 7 nitrogen and oxygen atoms in total. The zero-order valence-corrected chi connectivity index (χ0v) is 28.0. The Bertz CT molecular complexity index is 2690. The third-order valence-electron chi connectivity index (χ3n) is 11.2. The van der Waals surface area contributed by atoms with Crippen LogP contribution in [0.25, 0.3) is 11.1 Å². The molecule has 0 saturated heterocycles. The van der Waals surface area contributed by atoms with Gasteiger partial charge in [0.2, 0.25) is 17.2 Å². The number of fused-ring (bicyclic) bond motifs is 10. The van der Waals surface area contributed by atoms with Crippen LogP contribution in [0.4, 0.5) is 34.1 Å². The van der Waals surface area contributed by atoms with E-state index in [2.05, 4.69) is 182 Å². The van der Waals surface area contributed by atoms with E-state index < -0.39 is 6.29 Å². The highest BCUT2D eigenvalue weighted by Gasteiger charge is 2.52. The van der Waals surface area contributed by atoms with E-state index in [4.69, 9.17) is 9.98 Å². The first-order valence-corrected chi connectivity index (χ1v) is 17.9. The normalized spacial score (nSPS) is 22.3. The Hall–Kier alpha value is -6.86. The summed E-state index contributed by atoms with van der Waals surface area (Å²) in [5.74, 6) is 1.53. The van der Waals surface area contributed by atoms with Gasteiger partial charge in [-0.25, -0.2) is 5.32 Å². The number of nitrogens with zero attached hydrogens (tertiary/aromatic N) is 6. The fourth-order valence-electron chi connectivity index (χ4n) is 9.18. The van der Waals surface area contributed by atoms with Crippen molar-refractivity contribution in [2.24, 2.45) is 9.98 Å². The molecule has 12 rings (SSSR count). The number of hydrogen-bond acceptors (Lipinski definition) is 5. The summed E-state index contributed by atoms with van der Waals surface area (Å²) >= 11 is 0. The molecule has 3 unspecified atom stereocenters. The molecule has 52 heavy (non-hydrogen) atoms. The molecule has 0 spiro atoms. The van der Waals surface area contributed by atoms with Crippen molar-refractivity contribution in [2.75, 3.05) is 9.80 Å². The van der Waals surface area contributed by atoms with E-state index in [9.17, 15) is 0 Å². The van der Waals surface area contributed by atoms with Gasteiger partial charge >= 0.3 is 12.2 Å². The van der Waals surface area contributed by atoms with E-state index in [0.29, 0.717) is 0 Å². The predicted octanol–water partition coefficient (Wildman–Crippen LogP) is 8.22. The lowest BCUT2D eigenvalue weighted by molar-refractivity contribution is -0.484. The topological polar surface area (TPSA) is 49.2 Å². The molecule has 5 heterocycles. The number of benzene rings is 5. The molecule has 2 aliphatic carbocycles. The highest BCUT2D eigenvalue weighted by molar-refractivity contribution is 6.20. The van der Waals surface area contributed by atoms with Gasteiger partial charge in [-0.2, -0.15) is 4.58 Å². The highest BCUT2D eigenvalue weighted by atomic mass is 15.4. The second-order valence-corrected chi connectivity index (χ2v) is 13.8. The van der Waals surface area contributed by atoms with E-state index in [1.54, 1.807) is 0 Å². The molecular formula is C45H31N7+2. The quantitative estimate of drug-likeness (QED) is 0.193. The second kappa shape index (κ2) is 10.3. The molecule has 0 aromatic heterocycles. The zero-order valence-electron chi connectivity index (χ0n) is 28.0. The predicted molar refractivity (Wildman–Crippen MR) is 209 cm³/mol. The second-order valence-electron chi connectivity index (χ2n) is 13.8. The summed E-state index contributed by atoms with van der Waals surface area (Å²) in [7, 11) is 0. The van der Waals surface area contributed by atoms with Gasteiger partial charge in [-0.3, -0.25) is 0 Å². The standard InChI is InChI=1S/C45H31N7/c1-2-14-28(15-3-1)43-46-44(51-37-24-10-8-22-35(37)49-33-20-6-4-16-29(33)31-18-12-26-39(51)41(31)49)48-45(47-43)52-38-25-11-9-23-36(38)50-34-21-7-5-17-30(34)32-19-13-27-40(52)42(32)50/h1-27,41-42,44H,(H,46,47,48)/q+2. The number of para-hydroxylation sites is 6. The number of amidine groups is 1. The van der Waals surface area contributed by atoms with Crippen LogP contribution < -0.4 is 15.1 Å². The smallest absolute Gasteiger partial charge is 0.323 e. The molecule has 5 aliphatic heterocycles. The third-order valence-corrected chi connectivity index (χ3v) is 11.2. The molecule has 5 aromatic rings. The summed E-state index contributed by atoms with van der Waals surface area (Å²) in [6.07, 6.45) is 12.8. The van der Waals surface area contributed by atoms with Crippen LogP contribution in [0.1, 0.15) is 16.7 Å². The molecule has 5 aromatic carbocycles. The molecule has 7 aliphatic rings. The van der Waals surface area contributed by atoms with Crippen molar-refractivity contribution >= 4 is 68.5 Å². The van der Waals surface area contributed by atoms with Gasteiger partial charge in [-0.1, -0.05) is 103 Å². The Kier molecular flexibility index (Phi) is 5.55. The largest absolute Gasteiger partial charge is 0.414 e. The molecule has 0 amide bonds. The van der Waals surface area contributed by atoms with Crippen molar-refractivity contribution in [1.29, 1.82) is 0 Å². The molecular weight excluding hydrogens is 639 g/mol. The zero-order chi connectivity index (χ0) is 33.9. The summed E-state index contributed by atoms with van der Waals surface area (Å²) < 4.78 is 4.69. The fourth-order valence-corrected chi connectivity index (χ4v) is 9.18. The van der Waals surface area contributed by atoms with Gasteiger partial charge in [0, 0.05) is 34.5 Å². The average molecular weight is 670 g/mol. The van der Waals surface area contributed by atoms with Crippen molar-refractivity contribution in [3.63, 3.8) is 0 Å². The Morgan fingerprint density at radius 2 is 1.06 bits per heavy atom. The summed E-state index contributed by atoms with van der Waals surface area (Å²) in [6, 6.07) is 45.3. The summed E-state index contributed by atoms with van der Waals surface area (Å²) in [6.45, 7) is 0. The Morgan fingerprint density at radius 1 is 0.519 bits per heavy atom. The van der Waals surface area contributed by atoms with Crippen molar-refractivity contribution in [3.8, 4) is 0 Å². The van der Waals surface area contributed by atoms with Crippen LogP contribution in [-0.4, -0.2) is 50.7 Å². The van der Waals surface area contributed by atoms with Crippen LogP contribution in [0.15, 0.2) is 174 Å². The molecule has 0 radical (unpaired) electrons. The number of guanidine groups is 1. The van der Waals surface area contributed by atoms with Gasteiger partial charge in [0.1, 0.15) is 29.2 Å². The molecule has 0 bridgehead atoms. The monoisotopic (exact) mass is 669 g/mol. The number of nitrogens with one attached hydrogen (secondary N) is 1. The highest BCUT2D eigenvalue weighted by Crippen LogP contribution is 2.53. The minimum atomic E-state index is -0.577. The fraction of sp³-hybridized carbons (Fsp3) is 0.0667. The van der Waals surface area contributed by atoms with Gasteiger partial charge in [-0.15, -0.1) is 9.57 Å². The van der Waals surface area contributed by atoms with Gasteiger partial charge in [-0.05, 0) is 64.7 Å². The van der Waals surface area contributed by atoms with Gasteiger partial charge < -0.3 is 9.80 Å². The Balaban J connectivity index is 1.11. The lowest BCUT2D eigenvalue weighted by atomic mass is 9.92. The number of allylic oxidation sites excluding steroid dienone is 4. The molecule has 3 atom stereocenters. The van der Waals surface area contributed by atoms with Crippen LogP contribution in [-0.2, 0) is 0 Å². The van der Waals surface area contributed by atoms with Crippen LogP contribution in [0, 0.1) is 0 Å². The van der Waals surface area contributed by atoms with Crippen molar-refractivity contribution in [3.05, 3.63) is 181 Å². The van der Waals surface area contributed by atoms with Crippen molar-refractivity contribution in [1.82, 2.24) is 5.32 Å². The molecule has 244 valence electrons. The maximum atomic E-state index is 5.61. The number of anilines is 4. The van der Waals surface area contributed by atoms with E-state index in [-0.39, 0.29) is 12.1 Å². The van der Waals surface area contributed by atoms with Gasteiger partial charge in [0.25, 0.3) is 0 Å². The number of hydrogen-bond donors (Lipinski definition) is 1.